The number of fused-ring (bicyclic) bond motifs is 2. The molecule has 2 heterocycles. The predicted molar refractivity (Wildman–Crippen MR) is 161 cm³/mol. The fourth-order valence-electron chi connectivity index (χ4n) is 5.44. The maximum Gasteiger partial charge on any atom is 0.282 e. The van der Waals surface area contributed by atoms with Crippen molar-refractivity contribution in [2.24, 2.45) is 5.10 Å². The molecule has 0 saturated carbocycles. The lowest BCUT2D eigenvalue weighted by atomic mass is 9.96. The van der Waals surface area contributed by atoms with Crippen LogP contribution in [0.25, 0.3) is 33.2 Å². The van der Waals surface area contributed by atoms with E-state index in [2.05, 4.69) is 63.5 Å². The van der Waals surface area contributed by atoms with Crippen LogP contribution in [-0.2, 0) is 0 Å². The minimum atomic E-state index is -0.198. The molecule has 0 aliphatic heterocycles. The van der Waals surface area contributed by atoms with Gasteiger partial charge >= 0.3 is 0 Å². The Hall–Kier alpha value is -4.19. The van der Waals surface area contributed by atoms with Crippen molar-refractivity contribution in [3.63, 3.8) is 0 Å². The van der Waals surface area contributed by atoms with Crippen LogP contribution in [0.4, 0.5) is 0 Å². The molecule has 3 aromatic carbocycles. The summed E-state index contributed by atoms with van der Waals surface area (Å²) in [6, 6.07) is 20.2. The first kappa shape index (κ1) is 26.4. The summed E-state index contributed by atoms with van der Waals surface area (Å²) in [5.41, 5.74) is 6.62. The minimum Gasteiger partial charge on any atom is -0.494 e. The number of aryl methyl sites for hydroxylation is 1. The fourth-order valence-corrected chi connectivity index (χ4v) is 5.44. The van der Waals surface area contributed by atoms with Crippen molar-refractivity contribution in [1.29, 1.82) is 0 Å². The van der Waals surface area contributed by atoms with E-state index in [0.717, 1.165) is 44.6 Å². The van der Waals surface area contributed by atoms with E-state index >= 15 is 0 Å². The van der Waals surface area contributed by atoms with Crippen molar-refractivity contribution < 1.29 is 4.74 Å². The fraction of sp³-hybridized carbons (Fsp3) is 0.303. The third kappa shape index (κ3) is 4.65. The first-order valence-electron chi connectivity index (χ1n) is 13.7. The van der Waals surface area contributed by atoms with Crippen molar-refractivity contribution in [3.05, 3.63) is 93.4 Å². The van der Waals surface area contributed by atoms with Crippen LogP contribution >= 0.6 is 0 Å². The number of benzene rings is 3. The monoisotopic (exact) mass is 520 g/mol. The highest BCUT2D eigenvalue weighted by atomic mass is 16.5. The smallest absolute Gasteiger partial charge is 0.282 e. The van der Waals surface area contributed by atoms with Gasteiger partial charge in [0, 0.05) is 33.8 Å². The van der Waals surface area contributed by atoms with Gasteiger partial charge in [0.15, 0.2) is 5.82 Å². The Morgan fingerprint density at radius 2 is 1.67 bits per heavy atom. The molecule has 2 aromatic heterocycles. The molecule has 0 unspecified atom stereocenters. The number of rotatable bonds is 7. The number of para-hydroxylation sites is 2. The molecule has 0 N–H and O–H groups in total. The van der Waals surface area contributed by atoms with E-state index in [-0.39, 0.29) is 11.5 Å². The highest BCUT2D eigenvalue weighted by molar-refractivity contribution is 6.01. The van der Waals surface area contributed by atoms with E-state index in [4.69, 9.17) is 14.8 Å². The molecule has 0 amide bonds. The average Bonchev–Trinajstić information content (AvgIpc) is 3.19. The summed E-state index contributed by atoms with van der Waals surface area (Å²) >= 11 is 0. The van der Waals surface area contributed by atoms with Crippen LogP contribution in [0.2, 0.25) is 0 Å². The topological polar surface area (TPSA) is 61.4 Å². The van der Waals surface area contributed by atoms with Crippen molar-refractivity contribution in [2.45, 2.75) is 60.4 Å². The summed E-state index contributed by atoms with van der Waals surface area (Å²) in [4.78, 5) is 18.9. The Kier molecular flexibility index (Phi) is 7.13. The zero-order chi connectivity index (χ0) is 27.8. The van der Waals surface area contributed by atoms with E-state index in [1.807, 2.05) is 50.4 Å². The van der Waals surface area contributed by atoms with Gasteiger partial charge in [-0.2, -0.15) is 9.78 Å². The Morgan fingerprint density at radius 1 is 0.974 bits per heavy atom. The van der Waals surface area contributed by atoms with E-state index in [1.54, 1.807) is 6.07 Å². The molecule has 0 fully saturated rings. The first-order valence-corrected chi connectivity index (χ1v) is 13.7. The van der Waals surface area contributed by atoms with Crippen LogP contribution in [0.5, 0.6) is 5.75 Å². The van der Waals surface area contributed by atoms with Gasteiger partial charge in [-0.1, -0.05) is 44.2 Å². The summed E-state index contributed by atoms with van der Waals surface area (Å²) in [6.07, 6.45) is 1.81. The summed E-state index contributed by atoms with van der Waals surface area (Å²) in [5, 5.41) is 6.47. The first-order chi connectivity index (χ1) is 18.7. The van der Waals surface area contributed by atoms with Gasteiger partial charge in [-0.15, -0.1) is 0 Å². The SMILES string of the molecule is CCOc1cc(C)c(-c2nc3ccccc3c(=O)n2N=Cc2c(C)n(C(C)C)c3ccccc23)cc1C(C)C. The number of aromatic nitrogens is 3. The number of hydrogen-bond donors (Lipinski definition) is 0. The van der Waals surface area contributed by atoms with Crippen molar-refractivity contribution in [3.8, 4) is 17.1 Å². The van der Waals surface area contributed by atoms with Gasteiger partial charge in [-0.05, 0) is 82.0 Å². The van der Waals surface area contributed by atoms with Gasteiger partial charge in [0.05, 0.1) is 23.7 Å². The van der Waals surface area contributed by atoms with Gasteiger partial charge in [0.25, 0.3) is 5.56 Å². The summed E-state index contributed by atoms with van der Waals surface area (Å²) in [7, 11) is 0. The lowest BCUT2D eigenvalue weighted by Crippen LogP contribution is -2.21. The second-order valence-electron chi connectivity index (χ2n) is 10.6. The van der Waals surface area contributed by atoms with Crippen LogP contribution in [0.15, 0.2) is 70.6 Å². The summed E-state index contributed by atoms with van der Waals surface area (Å²) in [5.74, 6) is 1.62. The molecule has 6 nitrogen and oxygen atoms in total. The van der Waals surface area contributed by atoms with Crippen molar-refractivity contribution >= 4 is 28.0 Å². The number of hydrogen-bond acceptors (Lipinski definition) is 4. The predicted octanol–water partition coefficient (Wildman–Crippen LogP) is 7.62. The maximum atomic E-state index is 13.9. The highest BCUT2D eigenvalue weighted by Crippen LogP contribution is 2.34. The Balaban J connectivity index is 1.78. The second kappa shape index (κ2) is 10.5. The zero-order valence-corrected chi connectivity index (χ0v) is 23.8. The molecule has 0 saturated heterocycles. The molecular weight excluding hydrogens is 484 g/mol. The van der Waals surface area contributed by atoms with Crippen LogP contribution in [0.1, 0.15) is 69.0 Å². The number of nitrogens with zero attached hydrogens (tertiary/aromatic N) is 4. The van der Waals surface area contributed by atoms with E-state index in [1.165, 1.54) is 4.68 Å². The molecule has 5 aromatic rings. The molecule has 0 radical (unpaired) electrons. The lowest BCUT2D eigenvalue weighted by Gasteiger charge is -2.18. The van der Waals surface area contributed by atoms with E-state index in [0.29, 0.717) is 29.4 Å². The van der Waals surface area contributed by atoms with Crippen molar-refractivity contribution in [2.75, 3.05) is 6.61 Å². The van der Waals surface area contributed by atoms with Crippen LogP contribution in [-0.4, -0.2) is 27.0 Å². The third-order valence-electron chi connectivity index (χ3n) is 7.30. The standard InChI is InChI=1S/C33H36N4O2/c1-8-39-31-17-22(6)27(18-26(31)20(2)3)32-35-29-15-11-9-14-25(29)33(38)37(32)34-19-28-23(7)36(21(4)5)30-16-12-10-13-24(28)30/h9-21H,8H2,1-7H3. The molecule has 5 rings (SSSR count). The normalized spacial score (nSPS) is 12.0. The average molecular weight is 521 g/mol. The molecule has 0 aliphatic rings. The van der Waals surface area contributed by atoms with Crippen molar-refractivity contribution in [1.82, 2.24) is 14.2 Å². The van der Waals surface area contributed by atoms with Gasteiger partial charge in [0.1, 0.15) is 5.75 Å². The van der Waals surface area contributed by atoms with Gasteiger partial charge in [-0.25, -0.2) is 4.98 Å². The van der Waals surface area contributed by atoms with Crippen LogP contribution in [0.3, 0.4) is 0 Å². The Bertz CT molecular complexity index is 1770. The highest BCUT2D eigenvalue weighted by Gasteiger charge is 2.19. The van der Waals surface area contributed by atoms with Crippen LogP contribution < -0.4 is 10.3 Å². The maximum absolute atomic E-state index is 13.9. The van der Waals surface area contributed by atoms with Gasteiger partial charge in [-0.3, -0.25) is 4.79 Å². The van der Waals surface area contributed by atoms with E-state index in [9.17, 15) is 4.79 Å². The molecule has 39 heavy (non-hydrogen) atoms. The summed E-state index contributed by atoms with van der Waals surface area (Å²) in [6.45, 7) is 15.3. The lowest BCUT2D eigenvalue weighted by molar-refractivity contribution is 0.335. The molecule has 200 valence electrons. The zero-order valence-electron chi connectivity index (χ0n) is 23.8. The molecule has 0 bridgehead atoms. The Labute approximate surface area is 229 Å². The third-order valence-corrected chi connectivity index (χ3v) is 7.30. The number of ether oxygens (including phenoxy) is 1. The summed E-state index contributed by atoms with van der Waals surface area (Å²) < 4.78 is 9.72. The molecule has 0 aliphatic carbocycles. The van der Waals surface area contributed by atoms with Gasteiger partial charge < -0.3 is 9.30 Å². The molecule has 0 spiro atoms. The molecule has 0 atom stereocenters. The largest absolute Gasteiger partial charge is 0.494 e. The molecular formula is C33H36N4O2. The quantitative estimate of drug-likeness (QED) is 0.207. The van der Waals surface area contributed by atoms with Gasteiger partial charge in [0.2, 0.25) is 0 Å². The van der Waals surface area contributed by atoms with Crippen LogP contribution in [0, 0.1) is 13.8 Å². The molecule has 6 heteroatoms. The second-order valence-corrected chi connectivity index (χ2v) is 10.6. The van der Waals surface area contributed by atoms with E-state index < -0.39 is 0 Å². The minimum absolute atomic E-state index is 0.198. The Morgan fingerprint density at radius 3 is 2.36 bits per heavy atom.